The fraction of sp³-hybridized carbons (Fsp3) is 0.400. The topological polar surface area (TPSA) is 51.5 Å². The zero-order chi connectivity index (χ0) is 17.8. The van der Waals surface area contributed by atoms with Gasteiger partial charge in [-0.25, -0.2) is 9.97 Å². The van der Waals surface area contributed by atoms with Crippen molar-refractivity contribution in [1.29, 1.82) is 0 Å². The number of hydrogen-bond donors (Lipinski definition) is 2. The molecule has 1 aliphatic rings. The van der Waals surface area contributed by atoms with E-state index in [2.05, 4.69) is 39.9 Å². The Kier molecular flexibility index (Phi) is 5.43. The van der Waals surface area contributed by atoms with E-state index in [0.717, 1.165) is 61.1 Å². The molecule has 2 N–H and O–H groups in total. The van der Waals surface area contributed by atoms with Crippen LogP contribution in [0, 0.1) is 6.92 Å². The second-order valence-electron chi connectivity index (χ2n) is 6.71. The molecule has 3 heterocycles. The average molecular weight is 370 g/mol. The first kappa shape index (κ1) is 17.4. The zero-order valence-electron chi connectivity index (χ0n) is 15.1. The summed E-state index contributed by atoms with van der Waals surface area (Å²) >= 11 is 1.69. The quantitative estimate of drug-likeness (QED) is 0.655. The van der Waals surface area contributed by atoms with Gasteiger partial charge in [-0.2, -0.15) is 0 Å². The smallest absolute Gasteiger partial charge is 0.139 e. The minimum absolute atomic E-state index is 0.820. The van der Waals surface area contributed by atoms with Gasteiger partial charge in [-0.3, -0.25) is 0 Å². The van der Waals surface area contributed by atoms with Gasteiger partial charge in [-0.05, 0) is 12.5 Å². The molecule has 0 spiro atoms. The molecule has 0 atom stereocenters. The maximum Gasteiger partial charge on any atom is 0.139 e. The molecule has 0 radical (unpaired) electrons. The highest BCUT2D eigenvalue weighted by atomic mass is 32.1. The summed E-state index contributed by atoms with van der Waals surface area (Å²) in [6.07, 6.45) is 1.13. The number of anilines is 1. The SMILES string of the molecule is Cc1nc(NCCC[NH+]2CCOCC2)c2c(-c3ccccc3)csc2n1. The highest BCUT2D eigenvalue weighted by Crippen LogP contribution is 2.36. The van der Waals surface area contributed by atoms with E-state index < -0.39 is 0 Å². The van der Waals surface area contributed by atoms with E-state index in [9.17, 15) is 0 Å². The van der Waals surface area contributed by atoms with Crippen molar-refractivity contribution in [2.45, 2.75) is 13.3 Å². The van der Waals surface area contributed by atoms with Crippen LogP contribution < -0.4 is 10.2 Å². The third kappa shape index (κ3) is 3.87. The van der Waals surface area contributed by atoms with Gasteiger partial charge in [0.15, 0.2) is 0 Å². The molecule has 0 aliphatic carbocycles. The minimum Gasteiger partial charge on any atom is -0.370 e. The summed E-state index contributed by atoms with van der Waals surface area (Å²) in [7, 11) is 0. The van der Waals surface area contributed by atoms with E-state index in [1.165, 1.54) is 17.7 Å². The number of rotatable bonds is 6. The van der Waals surface area contributed by atoms with E-state index in [1.807, 2.05) is 13.0 Å². The molecule has 0 amide bonds. The van der Waals surface area contributed by atoms with Crippen molar-refractivity contribution in [2.75, 3.05) is 44.7 Å². The Labute approximate surface area is 158 Å². The number of hydrogen-bond acceptors (Lipinski definition) is 5. The molecule has 1 aromatic carbocycles. The number of morpholine rings is 1. The van der Waals surface area contributed by atoms with Crippen LogP contribution in [0.4, 0.5) is 5.82 Å². The highest BCUT2D eigenvalue weighted by Gasteiger charge is 2.15. The fourth-order valence-electron chi connectivity index (χ4n) is 3.46. The number of aromatic nitrogens is 2. The van der Waals surface area contributed by atoms with Gasteiger partial charge in [0.25, 0.3) is 0 Å². The average Bonchev–Trinajstić information content (AvgIpc) is 3.10. The first-order valence-corrected chi connectivity index (χ1v) is 10.2. The van der Waals surface area contributed by atoms with Gasteiger partial charge in [-0.15, -0.1) is 11.3 Å². The van der Waals surface area contributed by atoms with Crippen molar-refractivity contribution in [3.8, 4) is 11.1 Å². The second-order valence-corrected chi connectivity index (χ2v) is 7.57. The largest absolute Gasteiger partial charge is 0.370 e. The van der Waals surface area contributed by atoms with E-state index in [4.69, 9.17) is 9.72 Å². The number of nitrogens with one attached hydrogen (secondary N) is 2. The van der Waals surface area contributed by atoms with Gasteiger partial charge in [0, 0.05) is 23.9 Å². The highest BCUT2D eigenvalue weighted by molar-refractivity contribution is 7.17. The van der Waals surface area contributed by atoms with Crippen LogP contribution in [-0.2, 0) is 4.74 Å². The predicted octanol–water partition coefficient (Wildman–Crippen LogP) is 2.38. The Morgan fingerprint density at radius 2 is 1.96 bits per heavy atom. The minimum atomic E-state index is 0.820. The lowest BCUT2D eigenvalue weighted by Crippen LogP contribution is -3.14. The number of ether oxygens (including phenoxy) is 1. The van der Waals surface area contributed by atoms with E-state index >= 15 is 0 Å². The molecule has 1 saturated heterocycles. The number of thiophene rings is 1. The normalized spacial score (nSPS) is 15.4. The molecule has 4 rings (SSSR count). The summed E-state index contributed by atoms with van der Waals surface area (Å²) in [5, 5.41) is 6.91. The van der Waals surface area contributed by atoms with E-state index in [0.29, 0.717) is 0 Å². The van der Waals surface area contributed by atoms with Gasteiger partial charge in [0.05, 0.1) is 25.1 Å². The lowest BCUT2D eigenvalue weighted by molar-refractivity contribution is -0.908. The summed E-state index contributed by atoms with van der Waals surface area (Å²) in [4.78, 5) is 12.0. The van der Waals surface area contributed by atoms with Crippen LogP contribution in [0.5, 0.6) is 0 Å². The molecular formula is C20H25N4OS+. The van der Waals surface area contributed by atoms with Crippen molar-refractivity contribution < 1.29 is 9.64 Å². The Balaban J connectivity index is 1.51. The predicted molar refractivity (Wildman–Crippen MR) is 107 cm³/mol. The van der Waals surface area contributed by atoms with Crippen LogP contribution in [-0.4, -0.2) is 49.4 Å². The van der Waals surface area contributed by atoms with Crippen LogP contribution in [0.2, 0.25) is 0 Å². The van der Waals surface area contributed by atoms with Crippen LogP contribution in [0.25, 0.3) is 21.3 Å². The maximum absolute atomic E-state index is 5.43. The first-order chi connectivity index (χ1) is 12.8. The van der Waals surface area contributed by atoms with Gasteiger partial charge in [0.2, 0.25) is 0 Å². The first-order valence-electron chi connectivity index (χ1n) is 9.28. The molecule has 0 saturated carbocycles. The Bertz CT molecular complexity index is 859. The van der Waals surface area contributed by atoms with Crippen LogP contribution >= 0.6 is 11.3 Å². The third-order valence-electron chi connectivity index (χ3n) is 4.83. The van der Waals surface area contributed by atoms with Gasteiger partial charge < -0.3 is 15.0 Å². The van der Waals surface area contributed by atoms with Gasteiger partial charge in [0.1, 0.15) is 29.6 Å². The number of nitrogens with zero attached hydrogens (tertiary/aromatic N) is 2. The molecule has 0 bridgehead atoms. The summed E-state index contributed by atoms with van der Waals surface area (Å²) in [5.74, 6) is 1.78. The Hall–Kier alpha value is -2.02. The lowest BCUT2D eigenvalue weighted by Gasteiger charge is -2.23. The van der Waals surface area contributed by atoms with Crippen LogP contribution in [0.15, 0.2) is 35.7 Å². The van der Waals surface area contributed by atoms with Gasteiger partial charge >= 0.3 is 0 Å². The van der Waals surface area contributed by atoms with Crippen molar-refractivity contribution in [3.05, 3.63) is 41.5 Å². The third-order valence-corrected chi connectivity index (χ3v) is 5.70. The molecular weight excluding hydrogens is 344 g/mol. The van der Waals surface area contributed by atoms with Crippen LogP contribution in [0.3, 0.4) is 0 Å². The fourth-order valence-corrected chi connectivity index (χ4v) is 4.45. The molecule has 26 heavy (non-hydrogen) atoms. The number of aryl methyl sites for hydroxylation is 1. The van der Waals surface area contributed by atoms with Crippen molar-refractivity contribution >= 4 is 27.4 Å². The molecule has 136 valence electrons. The van der Waals surface area contributed by atoms with Crippen molar-refractivity contribution in [2.24, 2.45) is 0 Å². The zero-order valence-corrected chi connectivity index (χ0v) is 15.9. The molecule has 2 aromatic heterocycles. The molecule has 1 aliphatic heterocycles. The monoisotopic (exact) mass is 369 g/mol. The number of fused-ring (bicyclic) bond motifs is 1. The van der Waals surface area contributed by atoms with Crippen LogP contribution in [0.1, 0.15) is 12.2 Å². The molecule has 6 heteroatoms. The second kappa shape index (κ2) is 8.12. The summed E-state index contributed by atoms with van der Waals surface area (Å²) in [6.45, 7) is 8.11. The lowest BCUT2D eigenvalue weighted by atomic mass is 10.1. The van der Waals surface area contributed by atoms with Crippen molar-refractivity contribution in [3.63, 3.8) is 0 Å². The maximum atomic E-state index is 5.43. The van der Waals surface area contributed by atoms with E-state index in [1.54, 1.807) is 16.2 Å². The number of benzene rings is 1. The molecule has 5 nitrogen and oxygen atoms in total. The standard InChI is InChI=1S/C20H24N4OS/c1-15-22-19(21-8-5-9-24-10-12-25-13-11-24)18-17(14-26-20(18)23-15)16-6-3-2-4-7-16/h2-4,6-7,14H,5,8-13H2,1H3,(H,21,22,23)/p+1. The molecule has 1 fully saturated rings. The Morgan fingerprint density at radius 3 is 2.77 bits per heavy atom. The summed E-state index contributed by atoms with van der Waals surface area (Å²) < 4.78 is 5.43. The molecule has 0 unspecified atom stereocenters. The Morgan fingerprint density at radius 1 is 1.15 bits per heavy atom. The number of quaternary nitrogens is 1. The summed E-state index contributed by atoms with van der Waals surface area (Å²) in [5.41, 5.74) is 2.43. The summed E-state index contributed by atoms with van der Waals surface area (Å²) in [6, 6.07) is 10.5. The van der Waals surface area contributed by atoms with E-state index in [-0.39, 0.29) is 0 Å². The van der Waals surface area contributed by atoms with Gasteiger partial charge in [-0.1, -0.05) is 30.3 Å². The molecule has 3 aromatic rings. The van der Waals surface area contributed by atoms with Crippen molar-refractivity contribution in [1.82, 2.24) is 9.97 Å².